The van der Waals surface area contributed by atoms with Crippen molar-refractivity contribution in [2.24, 2.45) is 0 Å². The summed E-state index contributed by atoms with van der Waals surface area (Å²) in [6.07, 6.45) is 7.69. The third-order valence-corrected chi connectivity index (χ3v) is 5.90. The van der Waals surface area contributed by atoms with Crippen molar-refractivity contribution in [3.8, 4) is 0 Å². The van der Waals surface area contributed by atoms with Gasteiger partial charge in [-0.05, 0) is 25.0 Å². The molecule has 0 aliphatic carbocycles. The topological polar surface area (TPSA) is 110 Å². The number of esters is 2. The number of rotatable bonds is 14. The van der Waals surface area contributed by atoms with E-state index >= 15 is 0 Å². The Morgan fingerprint density at radius 3 is 1.90 bits per heavy atom. The zero-order valence-corrected chi connectivity index (χ0v) is 22.2. The standard InChI is InChI=1S/C21H32O7S.K/c1-3-5-6-7-8-9-12-15-27-20(22)18-13-10-11-14-19(18)21(23)28-16-17(4-2)29(24,25)26;/h10-11,13-14,17H,3-9,12,15-16H2,1-2H3,(H,24,25,26);/q;+1/p-1. The molecule has 0 bridgehead atoms. The Morgan fingerprint density at radius 2 is 1.40 bits per heavy atom. The molecule has 0 fully saturated rings. The van der Waals surface area contributed by atoms with Gasteiger partial charge in [0.15, 0.2) is 0 Å². The van der Waals surface area contributed by atoms with Gasteiger partial charge in [0.25, 0.3) is 0 Å². The molecule has 0 spiro atoms. The molecule has 0 saturated heterocycles. The Kier molecular flexibility index (Phi) is 16.2. The molecule has 1 rings (SSSR count). The largest absolute Gasteiger partial charge is 1.00 e. The van der Waals surface area contributed by atoms with E-state index in [0.29, 0.717) is 0 Å². The number of hydrogen-bond donors (Lipinski definition) is 0. The van der Waals surface area contributed by atoms with Gasteiger partial charge >= 0.3 is 63.3 Å². The van der Waals surface area contributed by atoms with Crippen LogP contribution in [0.15, 0.2) is 24.3 Å². The molecule has 1 atom stereocenters. The molecule has 1 unspecified atom stereocenters. The van der Waals surface area contributed by atoms with Crippen molar-refractivity contribution >= 4 is 22.1 Å². The van der Waals surface area contributed by atoms with Crippen LogP contribution in [0.25, 0.3) is 0 Å². The van der Waals surface area contributed by atoms with Crippen LogP contribution in [-0.2, 0) is 19.6 Å². The summed E-state index contributed by atoms with van der Waals surface area (Å²) in [6, 6.07) is 6.01. The first-order chi connectivity index (χ1) is 13.8. The molecule has 30 heavy (non-hydrogen) atoms. The van der Waals surface area contributed by atoms with Crippen LogP contribution in [0.4, 0.5) is 0 Å². The second-order valence-corrected chi connectivity index (χ2v) is 8.58. The van der Waals surface area contributed by atoms with E-state index in [9.17, 15) is 22.6 Å². The Labute approximate surface area is 222 Å². The van der Waals surface area contributed by atoms with Crippen molar-refractivity contribution in [2.75, 3.05) is 13.2 Å². The van der Waals surface area contributed by atoms with Crippen LogP contribution in [-0.4, -0.2) is 43.4 Å². The minimum Gasteiger partial charge on any atom is -0.748 e. The van der Waals surface area contributed by atoms with Gasteiger partial charge < -0.3 is 14.0 Å². The molecule has 7 nitrogen and oxygen atoms in total. The van der Waals surface area contributed by atoms with Crippen molar-refractivity contribution in [2.45, 2.75) is 70.5 Å². The maximum Gasteiger partial charge on any atom is 1.00 e. The number of unbranched alkanes of at least 4 members (excludes halogenated alkanes) is 6. The van der Waals surface area contributed by atoms with Crippen LogP contribution < -0.4 is 51.4 Å². The molecule has 1 aromatic rings. The predicted molar refractivity (Wildman–Crippen MR) is 109 cm³/mol. The molecular weight excluding hydrogens is 435 g/mol. The molecule has 0 amide bonds. The van der Waals surface area contributed by atoms with Crippen molar-refractivity contribution in [1.29, 1.82) is 0 Å². The van der Waals surface area contributed by atoms with E-state index in [0.717, 1.165) is 19.3 Å². The Morgan fingerprint density at radius 1 is 0.900 bits per heavy atom. The first kappa shape index (κ1) is 29.7. The zero-order valence-electron chi connectivity index (χ0n) is 18.2. The molecule has 164 valence electrons. The number of benzene rings is 1. The van der Waals surface area contributed by atoms with E-state index in [-0.39, 0.29) is 75.5 Å². The summed E-state index contributed by atoms with van der Waals surface area (Å²) < 4.78 is 43.5. The van der Waals surface area contributed by atoms with Gasteiger partial charge in [-0.15, -0.1) is 0 Å². The average Bonchev–Trinajstić information content (AvgIpc) is 2.69. The van der Waals surface area contributed by atoms with Gasteiger partial charge in [-0.3, -0.25) is 0 Å². The van der Waals surface area contributed by atoms with Crippen LogP contribution in [0.2, 0.25) is 0 Å². The van der Waals surface area contributed by atoms with Gasteiger partial charge in [0.1, 0.15) is 16.7 Å². The Balaban J connectivity index is 0.00000841. The van der Waals surface area contributed by atoms with Gasteiger partial charge in [0.2, 0.25) is 0 Å². The van der Waals surface area contributed by atoms with Crippen LogP contribution >= 0.6 is 0 Å². The van der Waals surface area contributed by atoms with Crippen LogP contribution in [0.5, 0.6) is 0 Å². The molecule has 0 aromatic heterocycles. The van der Waals surface area contributed by atoms with Gasteiger partial charge in [0, 0.05) is 0 Å². The van der Waals surface area contributed by atoms with Gasteiger partial charge in [-0.2, -0.15) is 0 Å². The molecule has 1 aromatic carbocycles. The van der Waals surface area contributed by atoms with Gasteiger partial charge in [-0.1, -0.05) is 64.5 Å². The van der Waals surface area contributed by atoms with E-state index in [4.69, 9.17) is 9.47 Å². The third kappa shape index (κ3) is 11.4. The Bertz CT molecular complexity index is 749. The van der Waals surface area contributed by atoms with Crippen LogP contribution in [0, 0.1) is 0 Å². The summed E-state index contributed by atoms with van der Waals surface area (Å²) in [4.78, 5) is 24.6. The first-order valence-electron chi connectivity index (χ1n) is 10.2. The number of ether oxygens (including phenoxy) is 2. The van der Waals surface area contributed by atoms with Crippen molar-refractivity contribution in [3.63, 3.8) is 0 Å². The molecule has 9 heteroatoms. The first-order valence-corrected chi connectivity index (χ1v) is 11.7. The zero-order chi connectivity index (χ0) is 21.7. The van der Waals surface area contributed by atoms with E-state index in [1.165, 1.54) is 44.7 Å². The predicted octanol–water partition coefficient (Wildman–Crippen LogP) is 1.08. The number of carbonyl (C=O) groups excluding carboxylic acids is 2. The molecule has 0 heterocycles. The fraction of sp³-hybridized carbons (Fsp3) is 0.619. The molecule has 0 N–H and O–H groups in total. The smallest absolute Gasteiger partial charge is 0.748 e. The summed E-state index contributed by atoms with van der Waals surface area (Å²) in [5.41, 5.74) is 0.0358. The number of carbonyl (C=O) groups is 2. The van der Waals surface area contributed by atoms with Gasteiger partial charge in [0.05, 0.1) is 23.0 Å². The van der Waals surface area contributed by atoms with E-state index in [1.54, 1.807) is 12.1 Å². The van der Waals surface area contributed by atoms with E-state index in [1.807, 2.05) is 0 Å². The SMILES string of the molecule is CCCCCCCCCOC(=O)c1ccccc1C(=O)OCC(CC)S(=O)(=O)[O-].[K+]. The maximum atomic E-state index is 12.3. The van der Waals surface area contributed by atoms with Crippen LogP contribution in [0.1, 0.15) is 85.9 Å². The number of hydrogen-bond acceptors (Lipinski definition) is 7. The van der Waals surface area contributed by atoms with E-state index in [2.05, 4.69) is 6.92 Å². The molecule has 0 saturated carbocycles. The van der Waals surface area contributed by atoms with Crippen molar-refractivity contribution < 1.29 is 83.4 Å². The second kappa shape index (κ2) is 16.4. The molecular formula is C21H31KO7S. The summed E-state index contributed by atoms with van der Waals surface area (Å²) in [5.74, 6) is -1.50. The third-order valence-electron chi connectivity index (χ3n) is 4.61. The van der Waals surface area contributed by atoms with E-state index < -0.39 is 33.9 Å². The summed E-state index contributed by atoms with van der Waals surface area (Å²) in [6.45, 7) is 3.40. The quantitative estimate of drug-likeness (QED) is 0.175. The summed E-state index contributed by atoms with van der Waals surface area (Å²) in [7, 11) is -4.56. The summed E-state index contributed by atoms with van der Waals surface area (Å²) in [5, 5.41) is -1.32. The van der Waals surface area contributed by atoms with Gasteiger partial charge in [-0.25, -0.2) is 18.0 Å². The van der Waals surface area contributed by atoms with Crippen molar-refractivity contribution in [3.05, 3.63) is 35.4 Å². The minimum atomic E-state index is -4.56. The molecule has 0 radical (unpaired) electrons. The summed E-state index contributed by atoms with van der Waals surface area (Å²) >= 11 is 0. The van der Waals surface area contributed by atoms with Crippen LogP contribution in [0.3, 0.4) is 0 Å². The monoisotopic (exact) mass is 466 g/mol. The molecule has 0 aliphatic rings. The fourth-order valence-corrected chi connectivity index (χ4v) is 3.44. The molecule has 0 aliphatic heterocycles. The Hall–Kier alpha value is -0.294. The fourth-order valence-electron chi connectivity index (χ4n) is 2.79. The van der Waals surface area contributed by atoms with Crippen molar-refractivity contribution in [1.82, 2.24) is 0 Å². The minimum absolute atomic E-state index is 0. The second-order valence-electron chi connectivity index (χ2n) is 6.92. The average molecular weight is 467 g/mol. The maximum absolute atomic E-state index is 12.3. The normalized spacial score (nSPS) is 12.0.